The second-order valence-electron chi connectivity index (χ2n) is 2.03. The van der Waals surface area contributed by atoms with E-state index in [2.05, 4.69) is 4.99 Å². The first-order valence-corrected chi connectivity index (χ1v) is 2.60. The average molecular weight is 171 g/mol. The molecule has 0 atom stereocenters. The molecule has 11 heavy (non-hydrogen) atoms. The van der Waals surface area contributed by atoms with Crippen molar-refractivity contribution in [2.45, 2.75) is 25.3 Å². The topological polar surface area (TPSA) is 29.4 Å². The van der Waals surface area contributed by atoms with Gasteiger partial charge in [-0.2, -0.15) is 4.99 Å². The highest BCUT2D eigenvalue weighted by Gasteiger charge is 2.44. The molecule has 0 aromatic heterocycles. The van der Waals surface area contributed by atoms with Gasteiger partial charge in [0.2, 0.25) is 6.08 Å². The third-order valence-corrected chi connectivity index (χ3v) is 1.17. The fourth-order valence-electron chi connectivity index (χ4n) is 0.291. The van der Waals surface area contributed by atoms with Gasteiger partial charge in [0.25, 0.3) is 12.9 Å². The smallest absolute Gasteiger partial charge is 0.211 e. The number of hydrogen-bond acceptors (Lipinski definition) is 2. The van der Waals surface area contributed by atoms with Gasteiger partial charge in [0.05, 0.1) is 0 Å². The number of nitrogens with zero attached hydrogens (tertiary/aromatic N) is 1. The number of isocyanates is 1. The Bertz CT molecular complexity index is 167. The quantitative estimate of drug-likeness (QED) is 0.360. The summed E-state index contributed by atoms with van der Waals surface area (Å²) >= 11 is 0. The second-order valence-corrected chi connectivity index (χ2v) is 2.03. The van der Waals surface area contributed by atoms with Gasteiger partial charge in [-0.25, -0.2) is 22.4 Å². The SMILES string of the molecule is CC(N=C=O)(C(F)F)C(F)F. The van der Waals surface area contributed by atoms with E-state index < -0.39 is 18.4 Å². The lowest BCUT2D eigenvalue weighted by molar-refractivity contribution is -0.0371. The van der Waals surface area contributed by atoms with Crippen LogP contribution >= 0.6 is 0 Å². The molecule has 0 aromatic carbocycles. The zero-order valence-corrected chi connectivity index (χ0v) is 5.52. The minimum Gasteiger partial charge on any atom is -0.211 e. The van der Waals surface area contributed by atoms with Gasteiger partial charge in [0, 0.05) is 0 Å². The van der Waals surface area contributed by atoms with E-state index in [1.807, 2.05) is 0 Å². The Morgan fingerprint density at radius 1 is 1.27 bits per heavy atom. The number of alkyl halides is 4. The van der Waals surface area contributed by atoms with Gasteiger partial charge in [-0.1, -0.05) is 0 Å². The number of hydrogen-bond donors (Lipinski definition) is 0. The minimum absolute atomic E-state index is 0.493. The molecule has 0 bridgehead atoms. The lowest BCUT2D eigenvalue weighted by atomic mass is 10.1. The van der Waals surface area contributed by atoms with Crippen molar-refractivity contribution in [2.75, 3.05) is 0 Å². The highest BCUT2D eigenvalue weighted by molar-refractivity contribution is 5.35. The molecule has 0 fully saturated rings. The molecule has 0 aliphatic rings. The zero-order valence-electron chi connectivity index (χ0n) is 5.52. The van der Waals surface area contributed by atoms with Crippen molar-refractivity contribution in [1.29, 1.82) is 0 Å². The maximum Gasteiger partial charge on any atom is 0.269 e. The minimum atomic E-state index is -3.37. The highest BCUT2D eigenvalue weighted by Crippen LogP contribution is 2.26. The molecule has 0 aromatic rings. The Balaban J connectivity index is 4.66. The van der Waals surface area contributed by atoms with Gasteiger partial charge in [-0.15, -0.1) is 0 Å². The van der Waals surface area contributed by atoms with Gasteiger partial charge < -0.3 is 0 Å². The summed E-state index contributed by atoms with van der Waals surface area (Å²) in [7, 11) is 0. The summed E-state index contributed by atoms with van der Waals surface area (Å²) in [6, 6.07) is 0. The first kappa shape index (κ1) is 10.1. The largest absolute Gasteiger partial charge is 0.269 e. The molecule has 64 valence electrons. The van der Waals surface area contributed by atoms with Crippen LogP contribution in [0, 0.1) is 0 Å². The van der Waals surface area contributed by atoms with Crippen molar-refractivity contribution in [3.8, 4) is 0 Å². The Morgan fingerprint density at radius 2 is 1.64 bits per heavy atom. The van der Waals surface area contributed by atoms with Crippen LogP contribution in [0.5, 0.6) is 0 Å². The third-order valence-electron chi connectivity index (χ3n) is 1.17. The standard InChI is InChI=1S/C5H5F4NO/c1-5(3(6)7,4(8)9)10-2-11/h3-4H,1H3. The molecule has 0 aliphatic carbocycles. The van der Waals surface area contributed by atoms with E-state index in [4.69, 9.17) is 0 Å². The van der Waals surface area contributed by atoms with Gasteiger partial charge in [-0.05, 0) is 6.92 Å². The van der Waals surface area contributed by atoms with Crippen LogP contribution in [-0.4, -0.2) is 24.5 Å². The van der Waals surface area contributed by atoms with Crippen molar-refractivity contribution < 1.29 is 22.4 Å². The summed E-state index contributed by atoms with van der Waals surface area (Å²) in [5.74, 6) is 0. The van der Waals surface area contributed by atoms with Crippen LogP contribution in [-0.2, 0) is 4.79 Å². The fourth-order valence-corrected chi connectivity index (χ4v) is 0.291. The van der Waals surface area contributed by atoms with Crippen LogP contribution < -0.4 is 0 Å². The Labute approximate surface area is 59.9 Å². The third kappa shape index (κ3) is 2.01. The van der Waals surface area contributed by atoms with Crippen molar-refractivity contribution in [2.24, 2.45) is 4.99 Å². The van der Waals surface area contributed by atoms with Crippen molar-refractivity contribution >= 4 is 6.08 Å². The number of carbonyl (C=O) groups excluding carboxylic acids is 1. The predicted octanol–water partition coefficient (Wildman–Crippen LogP) is 1.61. The summed E-state index contributed by atoms with van der Waals surface area (Å²) in [6.07, 6.45) is -6.06. The van der Waals surface area contributed by atoms with Crippen LogP contribution in [0.2, 0.25) is 0 Å². The predicted molar refractivity (Wildman–Crippen MR) is 28.5 cm³/mol. The number of aliphatic imine (C=N–C) groups is 1. The van der Waals surface area contributed by atoms with E-state index in [9.17, 15) is 22.4 Å². The second kappa shape index (κ2) is 3.48. The van der Waals surface area contributed by atoms with Gasteiger partial charge >= 0.3 is 0 Å². The van der Waals surface area contributed by atoms with Crippen molar-refractivity contribution in [1.82, 2.24) is 0 Å². The monoisotopic (exact) mass is 171 g/mol. The van der Waals surface area contributed by atoms with E-state index in [-0.39, 0.29) is 0 Å². The molecule has 6 heteroatoms. The van der Waals surface area contributed by atoms with E-state index in [0.717, 1.165) is 0 Å². The van der Waals surface area contributed by atoms with Crippen LogP contribution in [0.25, 0.3) is 0 Å². The Hall–Kier alpha value is -0.900. The van der Waals surface area contributed by atoms with Crippen LogP contribution in [0.4, 0.5) is 17.6 Å². The summed E-state index contributed by atoms with van der Waals surface area (Å²) in [5, 5.41) is 0. The number of halogens is 4. The highest BCUT2D eigenvalue weighted by atomic mass is 19.3. The summed E-state index contributed by atoms with van der Waals surface area (Å²) in [6.45, 7) is 0.493. The number of rotatable bonds is 3. The molecule has 0 rings (SSSR count). The van der Waals surface area contributed by atoms with Crippen LogP contribution in [0.15, 0.2) is 4.99 Å². The molecule has 0 heterocycles. The Morgan fingerprint density at radius 3 is 1.73 bits per heavy atom. The molecule has 0 N–H and O–H groups in total. The molecule has 0 saturated heterocycles. The van der Waals surface area contributed by atoms with Crippen LogP contribution in [0.1, 0.15) is 6.92 Å². The van der Waals surface area contributed by atoms with Gasteiger partial charge in [0.1, 0.15) is 0 Å². The van der Waals surface area contributed by atoms with Gasteiger partial charge in [-0.3, -0.25) is 0 Å². The molecule has 0 unspecified atom stereocenters. The molecular formula is C5H5F4NO. The molecule has 0 radical (unpaired) electrons. The zero-order chi connectivity index (χ0) is 9.07. The maximum atomic E-state index is 11.8. The molecule has 0 saturated carbocycles. The summed E-state index contributed by atoms with van der Waals surface area (Å²) in [5.41, 5.74) is -2.91. The summed E-state index contributed by atoms with van der Waals surface area (Å²) in [4.78, 5) is 11.8. The van der Waals surface area contributed by atoms with E-state index in [0.29, 0.717) is 13.0 Å². The molecule has 0 spiro atoms. The summed E-state index contributed by atoms with van der Waals surface area (Å²) < 4.78 is 47.1. The first-order valence-electron chi connectivity index (χ1n) is 2.60. The first-order chi connectivity index (χ1) is 4.95. The fraction of sp³-hybridized carbons (Fsp3) is 0.800. The van der Waals surface area contributed by atoms with E-state index >= 15 is 0 Å². The van der Waals surface area contributed by atoms with Gasteiger partial charge in [0.15, 0.2) is 5.54 Å². The van der Waals surface area contributed by atoms with Crippen molar-refractivity contribution in [3.63, 3.8) is 0 Å². The molecule has 0 aliphatic heterocycles. The lowest BCUT2D eigenvalue weighted by Gasteiger charge is -2.20. The maximum absolute atomic E-state index is 11.8. The normalized spacial score (nSPS) is 11.9. The Kier molecular flexibility index (Phi) is 3.19. The van der Waals surface area contributed by atoms with E-state index in [1.165, 1.54) is 0 Å². The van der Waals surface area contributed by atoms with E-state index in [1.54, 1.807) is 0 Å². The lowest BCUT2D eigenvalue weighted by Crippen LogP contribution is -2.39. The molecule has 2 nitrogen and oxygen atoms in total. The van der Waals surface area contributed by atoms with Crippen molar-refractivity contribution in [3.05, 3.63) is 0 Å². The van der Waals surface area contributed by atoms with Crippen LogP contribution in [0.3, 0.4) is 0 Å². The average Bonchev–Trinajstić information content (AvgIpc) is 1.87. The molecular weight excluding hydrogens is 166 g/mol. The molecule has 0 amide bonds.